The van der Waals surface area contributed by atoms with Crippen LogP contribution in [0.1, 0.15) is 52.4 Å². The molecule has 1 aliphatic rings. The minimum Gasteiger partial charge on any atom is -0.356 e. The van der Waals surface area contributed by atoms with Gasteiger partial charge >= 0.3 is 0 Å². The highest BCUT2D eigenvalue weighted by Crippen LogP contribution is 2.08. The molecule has 5 nitrogen and oxygen atoms in total. The fourth-order valence-electron chi connectivity index (χ4n) is 2.33. The highest BCUT2D eigenvalue weighted by Gasteiger charge is 2.19. The molecule has 2 atom stereocenters. The Labute approximate surface area is 115 Å². The van der Waals surface area contributed by atoms with Gasteiger partial charge in [-0.3, -0.25) is 9.59 Å². The van der Waals surface area contributed by atoms with E-state index in [1.54, 1.807) is 0 Å². The summed E-state index contributed by atoms with van der Waals surface area (Å²) < 4.78 is 0. The van der Waals surface area contributed by atoms with Crippen LogP contribution < -0.4 is 16.0 Å². The number of hydrogen-bond donors (Lipinski definition) is 3. The van der Waals surface area contributed by atoms with Gasteiger partial charge in [-0.1, -0.05) is 6.92 Å². The van der Waals surface area contributed by atoms with Crippen LogP contribution in [0.25, 0.3) is 0 Å². The Morgan fingerprint density at radius 2 is 2.00 bits per heavy atom. The third-order valence-electron chi connectivity index (χ3n) is 3.37. The zero-order valence-electron chi connectivity index (χ0n) is 12.1. The molecule has 110 valence electrons. The molecule has 1 rings (SSSR count). The summed E-state index contributed by atoms with van der Waals surface area (Å²) in [7, 11) is 0. The van der Waals surface area contributed by atoms with Crippen molar-refractivity contribution in [2.24, 2.45) is 0 Å². The third-order valence-corrected chi connectivity index (χ3v) is 3.37. The van der Waals surface area contributed by atoms with Crippen molar-refractivity contribution in [3.05, 3.63) is 0 Å². The van der Waals surface area contributed by atoms with E-state index in [0.29, 0.717) is 25.3 Å². The number of piperidine rings is 1. The lowest BCUT2D eigenvalue weighted by Crippen LogP contribution is -2.46. The highest BCUT2D eigenvalue weighted by atomic mass is 16.2. The van der Waals surface area contributed by atoms with Crippen molar-refractivity contribution >= 4 is 11.8 Å². The molecule has 0 aliphatic carbocycles. The van der Waals surface area contributed by atoms with E-state index in [0.717, 1.165) is 32.4 Å². The summed E-state index contributed by atoms with van der Waals surface area (Å²) in [6, 6.07) is 0.761. The standard InChI is InChI=1S/C14H27N3O2/c1-3-8-16-13(18)5-4-6-14(19)17-12-7-9-15-11(2)10-12/h11-12,15H,3-10H2,1-2H3,(H,16,18)(H,17,19). The van der Waals surface area contributed by atoms with Crippen LogP contribution in [-0.4, -0.2) is 37.0 Å². The van der Waals surface area contributed by atoms with E-state index in [-0.39, 0.29) is 17.9 Å². The second-order valence-corrected chi connectivity index (χ2v) is 5.35. The van der Waals surface area contributed by atoms with Gasteiger partial charge < -0.3 is 16.0 Å². The van der Waals surface area contributed by atoms with Gasteiger partial charge in [0.25, 0.3) is 0 Å². The quantitative estimate of drug-likeness (QED) is 0.644. The SMILES string of the molecule is CCCNC(=O)CCCC(=O)NC1CCNC(C)C1. The van der Waals surface area contributed by atoms with E-state index in [1.165, 1.54) is 0 Å². The minimum atomic E-state index is 0.0464. The first-order valence-electron chi connectivity index (χ1n) is 7.41. The summed E-state index contributed by atoms with van der Waals surface area (Å²) in [5.74, 6) is 0.118. The van der Waals surface area contributed by atoms with E-state index < -0.39 is 0 Å². The minimum absolute atomic E-state index is 0.0464. The molecular formula is C14H27N3O2. The van der Waals surface area contributed by atoms with Crippen LogP contribution in [-0.2, 0) is 9.59 Å². The summed E-state index contributed by atoms with van der Waals surface area (Å²) in [5.41, 5.74) is 0. The first kappa shape index (κ1) is 16.0. The molecule has 0 saturated carbocycles. The van der Waals surface area contributed by atoms with E-state index in [2.05, 4.69) is 22.9 Å². The van der Waals surface area contributed by atoms with E-state index in [4.69, 9.17) is 0 Å². The Morgan fingerprint density at radius 3 is 2.68 bits per heavy atom. The smallest absolute Gasteiger partial charge is 0.220 e. The van der Waals surface area contributed by atoms with Gasteiger partial charge in [0, 0.05) is 31.5 Å². The van der Waals surface area contributed by atoms with Gasteiger partial charge in [0.15, 0.2) is 0 Å². The molecule has 1 heterocycles. The molecule has 0 bridgehead atoms. The lowest BCUT2D eigenvalue weighted by molar-refractivity contribution is -0.123. The first-order chi connectivity index (χ1) is 9.11. The van der Waals surface area contributed by atoms with Gasteiger partial charge in [-0.25, -0.2) is 0 Å². The average molecular weight is 269 g/mol. The molecule has 0 aromatic carbocycles. The summed E-state index contributed by atoms with van der Waals surface area (Å²) >= 11 is 0. The van der Waals surface area contributed by atoms with E-state index in [9.17, 15) is 9.59 Å². The monoisotopic (exact) mass is 269 g/mol. The molecule has 2 amide bonds. The molecule has 0 aromatic heterocycles. The van der Waals surface area contributed by atoms with Crippen LogP contribution in [0.15, 0.2) is 0 Å². The molecular weight excluding hydrogens is 242 g/mol. The number of rotatable bonds is 7. The normalized spacial score (nSPS) is 22.8. The maximum atomic E-state index is 11.8. The Hall–Kier alpha value is -1.10. The number of carbonyl (C=O) groups excluding carboxylic acids is 2. The maximum Gasteiger partial charge on any atom is 0.220 e. The molecule has 19 heavy (non-hydrogen) atoms. The van der Waals surface area contributed by atoms with Crippen LogP contribution in [0.2, 0.25) is 0 Å². The zero-order chi connectivity index (χ0) is 14.1. The number of amides is 2. The fourth-order valence-corrected chi connectivity index (χ4v) is 2.33. The Balaban J connectivity index is 2.09. The van der Waals surface area contributed by atoms with Crippen molar-refractivity contribution in [2.75, 3.05) is 13.1 Å². The molecule has 1 aliphatic heterocycles. The van der Waals surface area contributed by atoms with Gasteiger partial charge in [-0.05, 0) is 39.2 Å². The Morgan fingerprint density at radius 1 is 1.26 bits per heavy atom. The maximum absolute atomic E-state index is 11.8. The largest absolute Gasteiger partial charge is 0.356 e. The third kappa shape index (κ3) is 7.15. The predicted octanol–water partition coefficient (Wildman–Crippen LogP) is 0.940. The second-order valence-electron chi connectivity index (χ2n) is 5.35. The summed E-state index contributed by atoms with van der Waals surface area (Å²) in [4.78, 5) is 23.1. The second kappa shape index (κ2) is 8.91. The van der Waals surface area contributed by atoms with Gasteiger partial charge in [-0.15, -0.1) is 0 Å². The van der Waals surface area contributed by atoms with Crippen molar-refractivity contribution in [1.29, 1.82) is 0 Å². The van der Waals surface area contributed by atoms with Crippen molar-refractivity contribution in [3.63, 3.8) is 0 Å². The van der Waals surface area contributed by atoms with Crippen molar-refractivity contribution in [1.82, 2.24) is 16.0 Å². The highest BCUT2D eigenvalue weighted by molar-refractivity contribution is 5.78. The number of nitrogens with one attached hydrogen (secondary N) is 3. The molecule has 0 aromatic rings. The fraction of sp³-hybridized carbons (Fsp3) is 0.857. The Bertz CT molecular complexity index is 294. The molecule has 3 N–H and O–H groups in total. The topological polar surface area (TPSA) is 70.2 Å². The van der Waals surface area contributed by atoms with Crippen LogP contribution in [0.3, 0.4) is 0 Å². The lowest BCUT2D eigenvalue weighted by Gasteiger charge is -2.28. The molecule has 0 spiro atoms. The van der Waals surface area contributed by atoms with Crippen LogP contribution in [0.4, 0.5) is 0 Å². The van der Waals surface area contributed by atoms with Crippen molar-refractivity contribution < 1.29 is 9.59 Å². The predicted molar refractivity (Wildman–Crippen MR) is 75.8 cm³/mol. The molecule has 5 heteroatoms. The van der Waals surface area contributed by atoms with Crippen LogP contribution in [0.5, 0.6) is 0 Å². The van der Waals surface area contributed by atoms with Gasteiger partial charge in [0.2, 0.25) is 11.8 Å². The summed E-state index contributed by atoms with van der Waals surface area (Å²) in [6.07, 6.45) is 4.44. The summed E-state index contributed by atoms with van der Waals surface area (Å²) in [5, 5.41) is 9.23. The molecule has 0 radical (unpaired) electrons. The van der Waals surface area contributed by atoms with Crippen molar-refractivity contribution in [2.45, 2.75) is 64.5 Å². The molecule has 2 unspecified atom stereocenters. The number of hydrogen-bond acceptors (Lipinski definition) is 3. The lowest BCUT2D eigenvalue weighted by atomic mass is 10.0. The zero-order valence-corrected chi connectivity index (χ0v) is 12.1. The number of carbonyl (C=O) groups is 2. The van der Waals surface area contributed by atoms with Crippen LogP contribution >= 0.6 is 0 Å². The summed E-state index contributed by atoms with van der Waals surface area (Å²) in [6.45, 7) is 5.84. The first-order valence-corrected chi connectivity index (χ1v) is 7.41. The van der Waals surface area contributed by atoms with Gasteiger partial charge in [-0.2, -0.15) is 0 Å². The molecule has 1 fully saturated rings. The average Bonchev–Trinajstić information content (AvgIpc) is 2.36. The van der Waals surface area contributed by atoms with Gasteiger partial charge in [0.1, 0.15) is 0 Å². The van der Waals surface area contributed by atoms with E-state index >= 15 is 0 Å². The van der Waals surface area contributed by atoms with Crippen LogP contribution in [0, 0.1) is 0 Å². The van der Waals surface area contributed by atoms with Gasteiger partial charge in [0.05, 0.1) is 0 Å². The van der Waals surface area contributed by atoms with E-state index in [1.807, 2.05) is 6.92 Å². The Kier molecular flexibility index (Phi) is 7.48. The molecule has 1 saturated heterocycles. The van der Waals surface area contributed by atoms with Crippen molar-refractivity contribution in [3.8, 4) is 0 Å².